The van der Waals surface area contributed by atoms with E-state index in [-0.39, 0.29) is 19.0 Å². The van der Waals surface area contributed by atoms with E-state index in [1.54, 1.807) is 62.6 Å². The first-order chi connectivity index (χ1) is 15.4. The summed E-state index contributed by atoms with van der Waals surface area (Å²) in [6.45, 7) is 5.07. The molecule has 0 unspecified atom stereocenters. The molecule has 3 rings (SSSR count). The molecule has 174 valence electrons. The van der Waals surface area contributed by atoms with Gasteiger partial charge in [0.25, 0.3) is 0 Å². The lowest BCUT2D eigenvalue weighted by molar-refractivity contribution is -0.120. The van der Waals surface area contributed by atoms with Crippen LogP contribution in [-0.4, -0.2) is 52.0 Å². The van der Waals surface area contributed by atoms with Crippen LogP contribution in [0.2, 0.25) is 0 Å². The van der Waals surface area contributed by atoms with Crippen LogP contribution in [0.25, 0.3) is 0 Å². The molecule has 0 spiro atoms. The summed E-state index contributed by atoms with van der Waals surface area (Å²) >= 11 is 0. The molecule has 1 heterocycles. The van der Waals surface area contributed by atoms with Crippen LogP contribution in [-0.2, 0) is 15.0 Å². The Kier molecular flexibility index (Phi) is 7.98. The van der Waals surface area contributed by atoms with E-state index in [9.17, 15) is 13.2 Å². The summed E-state index contributed by atoms with van der Waals surface area (Å²) in [5.74, 6) is 0.795. The molecular formula is C23H31N3O5S. The predicted octanol–water partition coefficient (Wildman–Crippen LogP) is 3.52. The molecule has 1 atom stereocenters. The third-order valence-corrected chi connectivity index (χ3v) is 7.45. The second-order valence-corrected chi connectivity index (χ2v) is 9.37. The van der Waals surface area contributed by atoms with E-state index in [1.165, 1.54) is 8.61 Å². The smallest absolute Gasteiger partial charge is 0.304 e. The molecule has 0 saturated carbocycles. The number of benzene rings is 2. The van der Waals surface area contributed by atoms with E-state index in [0.717, 1.165) is 0 Å². The largest absolute Gasteiger partial charge is 0.497 e. The molecule has 2 aromatic rings. The second kappa shape index (κ2) is 10.7. The molecule has 1 N–H and O–H groups in total. The van der Waals surface area contributed by atoms with Crippen molar-refractivity contribution in [3.05, 3.63) is 48.5 Å². The van der Waals surface area contributed by atoms with Gasteiger partial charge >= 0.3 is 10.2 Å². The van der Waals surface area contributed by atoms with Crippen LogP contribution in [0.3, 0.4) is 0 Å². The number of carbonyl (C=O) groups excluding carboxylic acids is 1. The lowest BCUT2D eigenvalue weighted by Gasteiger charge is -2.35. The van der Waals surface area contributed by atoms with Gasteiger partial charge in [0.05, 0.1) is 25.3 Å². The maximum Gasteiger partial charge on any atom is 0.304 e. The predicted molar refractivity (Wildman–Crippen MR) is 125 cm³/mol. The van der Waals surface area contributed by atoms with Gasteiger partial charge in [0.1, 0.15) is 11.5 Å². The van der Waals surface area contributed by atoms with Gasteiger partial charge in [-0.05, 0) is 75.2 Å². The van der Waals surface area contributed by atoms with Crippen LogP contribution in [0.15, 0.2) is 48.5 Å². The SMILES string of the molecule is CCOc1ccc(N(CC)S(=O)(=O)N2CCC[C@@H](C(=O)Nc3ccc(OC)cc3)C2)cc1. The Morgan fingerprint density at radius 1 is 1.09 bits per heavy atom. The number of amides is 1. The molecule has 1 aliphatic rings. The van der Waals surface area contributed by atoms with Crippen molar-refractivity contribution in [2.24, 2.45) is 5.92 Å². The molecule has 8 nitrogen and oxygen atoms in total. The first-order valence-corrected chi connectivity index (χ1v) is 12.2. The number of hydrogen-bond donors (Lipinski definition) is 1. The molecule has 9 heteroatoms. The maximum absolute atomic E-state index is 13.4. The summed E-state index contributed by atoms with van der Waals surface area (Å²) in [6.07, 6.45) is 1.27. The molecule has 1 amide bonds. The first-order valence-electron chi connectivity index (χ1n) is 10.8. The van der Waals surface area contributed by atoms with Crippen LogP contribution in [0.1, 0.15) is 26.7 Å². The minimum absolute atomic E-state index is 0.151. The summed E-state index contributed by atoms with van der Waals surface area (Å²) in [4.78, 5) is 12.8. The van der Waals surface area contributed by atoms with Gasteiger partial charge in [0.2, 0.25) is 5.91 Å². The fourth-order valence-electron chi connectivity index (χ4n) is 3.78. The van der Waals surface area contributed by atoms with Crippen LogP contribution in [0, 0.1) is 5.92 Å². The van der Waals surface area contributed by atoms with Gasteiger partial charge in [-0.3, -0.25) is 9.10 Å². The maximum atomic E-state index is 13.4. The van der Waals surface area contributed by atoms with Gasteiger partial charge in [-0.25, -0.2) is 0 Å². The number of nitrogens with zero attached hydrogens (tertiary/aromatic N) is 2. The van der Waals surface area contributed by atoms with Crippen molar-refractivity contribution in [2.75, 3.05) is 43.0 Å². The zero-order valence-electron chi connectivity index (χ0n) is 18.8. The number of methoxy groups -OCH3 is 1. The standard InChI is InChI=1S/C23H31N3O5S/c1-4-26(20-10-14-22(15-11-20)31-5-2)32(28,29)25-16-6-7-18(17-25)23(27)24-19-8-12-21(30-3)13-9-19/h8-15,18H,4-7,16-17H2,1-3H3,(H,24,27)/t18-/m1/s1. The average Bonchev–Trinajstić information content (AvgIpc) is 2.81. The highest BCUT2D eigenvalue weighted by Crippen LogP contribution is 2.27. The normalized spacial score (nSPS) is 16.9. The summed E-state index contributed by atoms with van der Waals surface area (Å²) in [6, 6.07) is 14.1. The Hall–Kier alpha value is -2.78. The minimum Gasteiger partial charge on any atom is -0.497 e. The molecule has 2 aromatic carbocycles. The van der Waals surface area contributed by atoms with Crippen molar-refractivity contribution < 1.29 is 22.7 Å². The molecule has 32 heavy (non-hydrogen) atoms. The Morgan fingerprint density at radius 3 is 2.34 bits per heavy atom. The highest BCUT2D eigenvalue weighted by Gasteiger charge is 2.35. The van der Waals surface area contributed by atoms with Crippen LogP contribution >= 0.6 is 0 Å². The molecule has 0 aromatic heterocycles. The molecular weight excluding hydrogens is 430 g/mol. The molecule has 1 aliphatic heterocycles. The van der Waals surface area contributed by atoms with Crippen molar-refractivity contribution in [1.82, 2.24) is 4.31 Å². The van der Waals surface area contributed by atoms with Crippen molar-refractivity contribution in [1.29, 1.82) is 0 Å². The summed E-state index contributed by atoms with van der Waals surface area (Å²) in [7, 11) is -2.19. The summed E-state index contributed by atoms with van der Waals surface area (Å²) in [5.41, 5.74) is 1.22. The van der Waals surface area contributed by atoms with Gasteiger partial charge in [-0.15, -0.1) is 0 Å². The fraction of sp³-hybridized carbons (Fsp3) is 0.435. The lowest BCUT2D eigenvalue weighted by atomic mass is 9.99. The molecule has 1 saturated heterocycles. The first kappa shape index (κ1) is 23.9. The van der Waals surface area contributed by atoms with Crippen LogP contribution < -0.4 is 19.1 Å². The Bertz CT molecular complexity index is 993. The van der Waals surface area contributed by atoms with E-state index in [1.807, 2.05) is 6.92 Å². The van der Waals surface area contributed by atoms with E-state index in [2.05, 4.69) is 5.32 Å². The third-order valence-electron chi connectivity index (χ3n) is 5.44. The molecule has 1 fully saturated rings. The van der Waals surface area contributed by atoms with Crippen molar-refractivity contribution >= 4 is 27.5 Å². The molecule has 0 aliphatic carbocycles. The lowest BCUT2D eigenvalue weighted by Crippen LogP contribution is -2.50. The number of rotatable bonds is 9. The molecule has 0 radical (unpaired) electrons. The van der Waals surface area contributed by atoms with Crippen LogP contribution in [0.5, 0.6) is 11.5 Å². The third kappa shape index (κ3) is 5.52. The average molecular weight is 462 g/mol. The summed E-state index contributed by atoms with van der Waals surface area (Å²) < 4.78 is 40.2. The highest BCUT2D eigenvalue weighted by molar-refractivity contribution is 7.90. The Labute approximate surface area is 190 Å². The van der Waals surface area contributed by atoms with E-state index in [4.69, 9.17) is 9.47 Å². The number of nitrogens with one attached hydrogen (secondary N) is 1. The second-order valence-electron chi connectivity index (χ2n) is 7.51. The Morgan fingerprint density at radius 2 is 1.75 bits per heavy atom. The zero-order valence-corrected chi connectivity index (χ0v) is 19.6. The van der Waals surface area contributed by atoms with E-state index < -0.39 is 16.1 Å². The molecule has 0 bridgehead atoms. The number of ether oxygens (including phenoxy) is 2. The zero-order chi connectivity index (χ0) is 23.1. The quantitative estimate of drug-likeness (QED) is 0.617. The van der Waals surface area contributed by atoms with Crippen molar-refractivity contribution in [2.45, 2.75) is 26.7 Å². The van der Waals surface area contributed by atoms with Gasteiger partial charge in [-0.2, -0.15) is 12.7 Å². The number of piperidine rings is 1. The van der Waals surface area contributed by atoms with Crippen molar-refractivity contribution in [3.63, 3.8) is 0 Å². The fourth-order valence-corrected chi connectivity index (χ4v) is 5.50. The van der Waals surface area contributed by atoms with E-state index >= 15 is 0 Å². The summed E-state index contributed by atoms with van der Waals surface area (Å²) in [5, 5.41) is 2.88. The van der Waals surface area contributed by atoms with Crippen molar-refractivity contribution in [3.8, 4) is 11.5 Å². The Balaban J connectivity index is 1.70. The highest BCUT2D eigenvalue weighted by atomic mass is 32.2. The number of anilines is 2. The van der Waals surface area contributed by atoms with Gasteiger partial charge < -0.3 is 14.8 Å². The number of carbonyl (C=O) groups is 1. The van der Waals surface area contributed by atoms with Gasteiger partial charge in [-0.1, -0.05) is 0 Å². The van der Waals surface area contributed by atoms with Gasteiger partial charge in [0.15, 0.2) is 0 Å². The number of hydrogen-bond acceptors (Lipinski definition) is 5. The van der Waals surface area contributed by atoms with Gasteiger partial charge in [0, 0.05) is 25.3 Å². The minimum atomic E-state index is -3.77. The van der Waals surface area contributed by atoms with E-state index in [0.29, 0.717) is 48.9 Å². The monoisotopic (exact) mass is 461 g/mol. The topological polar surface area (TPSA) is 88.2 Å². The van der Waals surface area contributed by atoms with Crippen LogP contribution in [0.4, 0.5) is 11.4 Å².